The summed E-state index contributed by atoms with van der Waals surface area (Å²) in [5, 5.41) is 15.0. The van der Waals surface area contributed by atoms with Gasteiger partial charge in [0, 0.05) is 18.6 Å². The number of carbonyl (C=O) groups is 1. The van der Waals surface area contributed by atoms with Crippen LogP contribution in [-0.4, -0.2) is 23.8 Å². The summed E-state index contributed by atoms with van der Waals surface area (Å²) in [6.07, 6.45) is 6.13. The largest absolute Gasteiger partial charge is 0.396 e. The minimum absolute atomic E-state index is 0.0574. The molecule has 3 rings (SSSR count). The highest BCUT2D eigenvalue weighted by atomic mass is 19.1. The lowest BCUT2D eigenvalue weighted by Crippen LogP contribution is -2.45. The van der Waals surface area contributed by atoms with Crippen molar-refractivity contribution < 1.29 is 14.3 Å². The first-order valence-electron chi connectivity index (χ1n) is 8.22. The maximum atomic E-state index is 14.0. The van der Waals surface area contributed by atoms with E-state index in [-0.39, 0.29) is 42.4 Å². The first kappa shape index (κ1) is 16.0. The molecule has 1 aromatic carbocycles. The van der Waals surface area contributed by atoms with Crippen LogP contribution in [0.1, 0.15) is 36.9 Å². The number of hydrogen-bond donors (Lipinski definition) is 3. The second-order valence-corrected chi connectivity index (χ2v) is 6.59. The molecule has 4 atom stereocenters. The Bertz CT molecular complexity index is 617. The van der Waals surface area contributed by atoms with Gasteiger partial charge in [-0.2, -0.15) is 0 Å². The molecule has 0 aliphatic heterocycles. The number of benzene rings is 1. The van der Waals surface area contributed by atoms with Crippen molar-refractivity contribution in [1.29, 1.82) is 0 Å². The van der Waals surface area contributed by atoms with Gasteiger partial charge >= 0.3 is 6.03 Å². The van der Waals surface area contributed by atoms with Gasteiger partial charge in [0.15, 0.2) is 0 Å². The van der Waals surface area contributed by atoms with E-state index in [4.69, 9.17) is 5.11 Å². The fraction of sp³-hybridized carbons (Fsp3) is 0.500. The van der Waals surface area contributed by atoms with E-state index in [1.165, 1.54) is 6.07 Å². The average molecular weight is 318 g/mol. The van der Waals surface area contributed by atoms with Crippen LogP contribution >= 0.6 is 0 Å². The van der Waals surface area contributed by atoms with Gasteiger partial charge in [-0.1, -0.05) is 31.2 Å². The monoisotopic (exact) mass is 318 g/mol. The number of fused-ring (bicyclic) bond motifs is 1. The van der Waals surface area contributed by atoms with Crippen molar-refractivity contribution in [3.63, 3.8) is 0 Å². The molecule has 0 bridgehead atoms. The molecule has 0 spiro atoms. The molecule has 0 saturated carbocycles. The van der Waals surface area contributed by atoms with Crippen LogP contribution in [0.2, 0.25) is 0 Å². The molecule has 2 aliphatic rings. The third kappa shape index (κ3) is 3.39. The Morgan fingerprint density at radius 2 is 2.17 bits per heavy atom. The number of aliphatic hydroxyl groups excluding tert-OH is 1. The summed E-state index contributed by atoms with van der Waals surface area (Å²) >= 11 is 0. The number of amides is 2. The summed E-state index contributed by atoms with van der Waals surface area (Å²) in [5.41, 5.74) is 1.60. The minimum Gasteiger partial charge on any atom is -0.396 e. The molecule has 124 valence electrons. The highest BCUT2D eigenvalue weighted by molar-refractivity contribution is 5.75. The van der Waals surface area contributed by atoms with Gasteiger partial charge in [0.05, 0.1) is 6.04 Å². The molecule has 23 heavy (non-hydrogen) atoms. The molecule has 0 saturated heterocycles. The van der Waals surface area contributed by atoms with Crippen LogP contribution in [-0.2, 0) is 6.42 Å². The van der Waals surface area contributed by atoms with Crippen LogP contribution in [0.15, 0.2) is 30.4 Å². The number of urea groups is 1. The van der Waals surface area contributed by atoms with Crippen LogP contribution in [0, 0.1) is 17.7 Å². The molecule has 2 unspecified atom stereocenters. The van der Waals surface area contributed by atoms with Gasteiger partial charge in [0.25, 0.3) is 0 Å². The fourth-order valence-electron chi connectivity index (χ4n) is 3.56. The number of aliphatic hydroxyl groups is 1. The third-order valence-electron chi connectivity index (χ3n) is 4.92. The topological polar surface area (TPSA) is 61.4 Å². The van der Waals surface area contributed by atoms with Gasteiger partial charge in [0.2, 0.25) is 0 Å². The predicted octanol–water partition coefficient (Wildman–Crippen LogP) is 2.69. The lowest BCUT2D eigenvalue weighted by molar-refractivity contribution is 0.222. The van der Waals surface area contributed by atoms with Crippen LogP contribution in [0.3, 0.4) is 0 Å². The highest BCUT2D eigenvalue weighted by Gasteiger charge is 2.30. The molecule has 5 heteroatoms. The molecule has 0 aromatic heterocycles. The van der Waals surface area contributed by atoms with Crippen LogP contribution < -0.4 is 10.6 Å². The predicted molar refractivity (Wildman–Crippen MR) is 86.4 cm³/mol. The van der Waals surface area contributed by atoms with Crippen molar-refractivity contribution in [2.24, 2.45) is 11.8 Å². The molecule has 2 amide bonds. The lowest BCUT2D eigenvalue weighted by atomic mass is 9.80. The van der Waals surface area contributed by atoms with Gasteiger partial charge in [0.1, 0.15) is 5.82 Å². The van der Waals surface area contributed by atoms with Gasteiger partial charge < -0.3 is 15.7 Å². The van der Waals surface area contributed by atoms with Crippen molar-refractivity contribution in [3.05, 3.63) is 47.3 Å². The van der Waals surface area contributed by atoms with E-state index in [9.17, 15) is 9.18 Å². The SMILES string of the molecule is CC1CCc2c(F)cccc2C1NC(=O)N[C@@H]1C=C[C@H](CO)C1. The Morgan fingerprint density at radius 1 is 1.35 bits per heavy atom. The normalized spacial score (nSPS) is 29.2. The molecule has 3 N–H and O–H groups in total. The molecule has 0 heterocycles. The van der Waals surface area contributed by atoms with Crippen LogP contribution in [0.25, 0.3) is 0 Å². The number of hydrogen-bond acceptors (Lipinski definition) is 2. The molecule has 1 aromatic rings. The zero-order valence-electron chi connectivity index (χ0n) is 13.3. The maximum Gasteiger partial charge on any atom is 0.315 e. The van der Waals surface area contributed by atoms with Crippen molar-refractivity contribution >= 4 is 6.03 Å². The smallest absolute Gasteiger partial charge is 0.315 e. The molecule has 0 fully saturated rings. The van der Waals surface area contributed by atoms with Crippen molar-refractivity contribution in [1.82, 2.24) is 10.6 Å². The Labute approximate surface area is 135 Å². The van der Waals surface area contributed by atoms with Crippen molar-refractivity contribution in [3.8, 4) is 0 Å². The Morgan fingerprint density at radius 3 is 2.91 bits per heavy atom. The van der Waals surface area contributed by atoms with Gasteiger partial charge in [-0.05, 0) is 42.4 Å². The average Bonchev–Trinajstić information content (AvgIpc) is 2.98. The highest BCUT2D eigenvalue weighted by Crippen LogP contribution is 2.35. The first-order valence-corrected chi connectivity index (χ1v) is 8.22. The second kappa shape index (κ2) is 6.71. The minimum atomic E-state index is -0.243. The molecule has 0 radical (unpaired) electrons. The second-order valence-electron chi connectivity index (χ2n) is 6.59. The Hall–Kier alpha value is -1.88. The number of rotatable bonds is 3. The summed E-state index contributed by atoms with van der Waals surface area (Å²) in [4.78, 5) is 12.3. The number of nitrogens with one attached hydrogen (secondary N) is 2. The van der Waals surface area contributed by atoms with E-state index in [2.05, 4.69) is 17.6 Å². The van der Waals surface area contributed by atoms with Crippen molar-refractivity contribution in [2.45, 2.75) is 38.3 Å². The number of carbonyl (C=O) groups excluding carboxylic acids is 1. The Kier molecular flexibility index (Phi) is 4.66. The van der Waals surface area contributed by atoms with E-state index >= 15 is 0 Å². The zero-order valence-corrected chi connectivity index (χ0v) is 13.3. The molecule has 4 nitrogen and oxygen atoms in total. The van der Waals surface area contributed by atoms with E-state index in [0.717, 1.165) is 24.0 Å². The third-order valence-corrected chi connectivity index (χ3v) is 4.92. The van der Waals surface area contributed by atoms with E-state index in [1.54, 1.807) is 6.07 Å². The molecule has 2 aliphatic carbocycles. The van der Waals surface area contributed by atoms with E-state index in [1.807, 2.05) is 18.2 Å². The van der Waals surface area contributed by atoms with Crippen LogP contribution in [0.4, 0.5) is 9.18 Å². The summed E-state index contributed by atoms with van der Waals surface area (Å²) in [7, 11) is 0. The molecular weight excluding hydrogens is 295 g/mol. The summed E-state index contributed by atoms with van der Waals surface area (Å²) in [6, 6.07) is 4.60. The number of halogens is 1. The Balaban J connectivity index is 1.67. The van der Waals surface area contributed by atoms with E-state index < -0.39 is 0 Å². The summed E-state index contributed by atoms with van der Waals surface area (Å²) in [6.45, 7) is 2.18. The first-order chi connectivity index (χ1) is 11.1. The standard InChI is InChI=1S/C18H23FN2O2/c1-11-5-8-14-15(3-2-4-16(14)19)17(11)21-18(23)20-13-7-6-12(9-13)10-22/h2-4,6-7,11-13,17,22H,5,8-10H2,1H3,(H2,20,21,23)/t11?,12-,13+,17?/m0/s1. The van der Waals surface area contributed by atoms with Gasteiger partial charge in [-0.25, -0.2) is 9.18 Å². The maximum absolute atomic E-state index is 14.0. The summed E-state index contributed by atoms with van der Waals surface area (Å²) in [5.74, 6) is 0.189. The zero-order chi connectivity index (χ0) is 16.4. The van der Waals surface area contributed by atoms with Gasteiger partial charge in [-0.3, -0.25) is 0 Å². The fourth-order valence-corrected chi connectivity index (χ4v) is 3.56. The van der Waals surface area contributed by atoms with Gasteiger partial charge in [-0.15, -0.1) is 0 Å². The van der Waals surface area contributed by atoms with Crippen LogP contribution in [0.5, 0.6) is 0 Å². The summed E-state index contributed by atoms with van der Waals surface area (Å²) < 4.78 is 14.0. The lowest BCUT2D eigenvalue weighted by Gasteiger charge is -2.32. The molecular formula is C18H23FN2O2. The van der Waals surface area contributed by atoms with E-state index in [0.29, 0.717) is 6.42 Å². The quantitative estimate of drug-likeness (QED) is 0.750. The van der Waals surface area contributed by atoms with Crippen molar-refractivity contribution in [2.75, 3.05) is 6.61 Å².